The first-order valence-corrected chi connectivity index (χ1v) is 6.06. The molecule has 1 N–H and O–H groups in total. The minimum Gasteiger partial charge on any atom is -0.384 e. The highest BCUT2D eigenvalue weighted by Gasteiger charge is 2.14. The van der Waals surface area contributed by atoms with Crippen LogP contribution in [0.15, 0.2) is 18.3 Å². The van der Waals surface area contributed by atoms with Crippen molar-refractivity contribution in [2.75, 3.05) is 11.9 Å². The Morgan fingerprint density at radius 3 is 2.88 bits per heavy atom. The van der Waals surface area contributed by atoms with E-state index in [1.807, 2.05) is 0 Å². The molecule has 17 heavy (non-hydrogen) atoms. The molecular formula is C12H11Cl2FN2. The van der Waals surface area contributed by atoms with Gasteiger partial charge in [-0.25, -0.2) is 4.39 Å². The van der Waals surface area contributed by atoms with E-state index in [4.69, 9.17) is 23.2 Å². The van der Waals surface area contributed by atoms with Crippen LogP contribution in [0.2, 0.25) is 10.0 Å². The molecule has 0 saturated heterocycles. The zero-order chi connectivity index (χ0) is 12.4. The Labute approximate surface area is 109 Å². The van der Waals surface area contributed by atoms with Crippen LogP contribution in [0.4, 0.5) is 10.1 Å². The summed E-state index contributed by atoms with van der Waals surface area (Å²) < 4.78 is 13.6. The molecule has 0 unspecified atom stereocenters. The standard InChI is InChI=1S/C12H11Cl2FN2/c1-2-4-16-8-3-5-17-9-6-7(13)12(15)11(14)10(8)9/h3,5-6H,2,4H2,1H3,(H,16,17). The van der Waals surface area contributed by atoms with Crippen molar-refractivity contribution >= 4 is 39.8 Å². The summed E-state index contributed by atoms with van der Waals surface area (Å²) in [5.41, 5.74) is 1.36. The highest BCUT2D eigenvalue weighted by Crippen LogP contribution is 2.35. The average Bonchev–Trinajstić information content (AvgIpc) is 2.33. The van der Waals surface area contributed by atoms with Crippen molar-refractivity contribution < 1.29 is 4.39 Å². The lowest BCUT2D eigenvalue weighted by Gasteiger charge is -2.10. The summed E-state index contributed by atoms with van der Waals surface area (Å²) >= 11 is 11.7. The number of rotatable bonds is 3. The average molecular weight is 273 g/mol. The summed E-state index contributed by atoms with van der Waals surface area (Å²) in [4.78, 5) is 4.14. The van der Waals surface area contributed by atoms with Crippen LogP contribution in [0, 0.1) is 5.82 Å². The van der Waals surface area contributed by atoms with E-state index in [1.165, 1.54) is 6.07 Å². The summed E-state index contributed by atoms with van der Waals surface area (Å²) in [6.45, 7) is 2.84. The SMILES string of the molecule is CCCNc1ccnc2cc(Cl)c(F)c(Cl)c12. The third kappa shape index (κ3) is 2.31. The molecule has 0 bridgehead atoms. The number of anilines is 1. The molecule has 0 aliphatic rings. The molecule has 1 aromatic heterocycles. The lowest BCUT2D eigenvalue weighted by Crippen LogP contribution is -2.01. The second-order valence-electron chi connectivity index (χ2n) is 3.67. The van der Waals surface area contributed by atoms with E-state index in [1.54, 1.807) is 12.3 Å². The van der Waals surface area contributed by atoms with Gasteiger partial charge in [-0.15, -0.1) is 0 Å². The van der Waals surface area contributed by atoms with Crippen LogP contribution in [0.3, 0.4) is 0 Å². The molecule has 1 aromatic carbocycles. The normalized spacial score (nSPS) is 10.8. The molecule has 2 nitrogen and oxygen atoms in total. The Morgan fingerprint density at radius 2 is 2.18 bits per heavy atom. The Bertz CT molecular complexity index is 558. The fourth-order valence-corrected chi connectivity index (χ4v) is 2.17. The van der Waals surface area contributed by atoms with Crippen molar-refractivity contribution in [3.05, 3.63) is 34.2 Å². The maximum Gasteiger partial charge on any atom is 0.161 e. The van der Waals surface area contributed by atoms with Gasteiger partial charge in [-0.1, -0.05) is 30.1 Å². The van der Waals surface area contributed by atoms with Gasteiger partial charge < -0.3 is 5.32 Å². The Morgan fingerprint density at radius 1 is 1.41 bits per heavy atom. The van der Waals surface area contributed by atoms with E-state index >= 15 is 0 Å². The number of fused-ring (bicyclic) bond motifs is 1. The van der Waals surface area contributed by atoms with Crippen molar-refractivity contribution in [3.8, 4) is 0 Å². The van der Waals surface area contributed by atoms with Gasteiger partial charge in [0.25, 0.3) is 0 Å². The van der Waals surface area contributed by atoms with Gasteiger partial charge in [0.2, 0.25) is 0 Å². The number of nitrogens with zero attached hydrogens (tertiary/aromatic N) is 1. The Hall–Kier alpha value is -1.06. The lowest BCUT2D eigenvalue weighted by atomic mass is 10.1. The highest BCUT2D eigenvalue weighted by atomic mass is 35.5. The van der Waals surface area contributed by atoms with E-state index in [0.717, 1.165) is 18.7 Å². The van der Waals surface area contributed by atoms with E-state index < -0.39 is 5.82 Å². The quantitative estimate of drug-likeness (QED) is 0.832. The van der Waals surface area contributed by atoms with Crippen LogP contribution in [0.5, 0.6) is 0 Å². The van der Waals surface area contributed by atoms with Gasteiger partial charge in [0.15, 0.2) is 5.82 Å². The highest BCUT2D eigenvalue weighted by molar-refractivity contribution is 6.39. The number of pyridine rings is 1. The number of benzene rings is 1. The van der Waals surface area contributed by atoms with Crippen LogP contribution in [-0.2, 0) is 0 Å². The first kappa shape index (κ1) is 12.4. The number of hydrogen-bond donors (Lipinski definition) is 1. The summed E-state index contributed by atoms with van der Waals surface area (Å²) in [6.07, 6.45) is 2.61. The number of nitrogens with one attached hydrogen (secondary N) is 1. The maximum atomic E-state index is 13.6. The first-order chi connectivity index (χ1) is 8.15. The molecule has 2 aromatic rings. The van der Waals surface area contributed by atoms with Gasteiger partial charge in [-0.05, 0) is 18.6 Å². The van der Waals surface area contributed by atoms with E-state index in [9.17, 15) is 4.39 Å². The summed E-state index contributed by atoms with van der Waals surface area (Å²) in [5.74, 6) is -0.603. The Kier molecular flexibility index (Phi) is 3.69. The third-order valence-electron chi connectivity index (χ3n) is 2.43. The molecule has 0 saturated carbocycles. The van der Waals surface area contributed by atoms with Gasteiger partial charge >= 0.3 is 0 Å². The van der Waals surface area contributed by atoms with Crippen molar-refractivity contribution in [3.63, 3.8) is 0 Å². The number of hydrogen-bond acceptors (Lipinski definition) is 2. The van der Waals surface area contributed by atoms with Gasteiger partial charge in [-0.3, -0.25) is 4.98 Å². The van der Waals surface area contributed by atoms with Gasteiger partial charge in [0, 0.05) is 23.8 Å². The predicted molar refractivity (Wildman–Crippen MR) is 70.5 cm³/mol. The molecule has 0 aliphatic heterocycles. The molecule has 5 heteroatoms. The van der Waals surface area contributed by atoms with Crippen molar-refractivity contribution in [1.82, 2.24) is 4.98 Å². The topological polar surface area (TPSA) is 24.9 Å². The van der Waals surface area contributed by atoms with Crippen molar-refractivity contribution in [2.24, 2.45) is 0 Å². The summed E-state index contributed by atoms with van der Waals surface area (Å²) in [7, 11) is 0. The monoisotopic (exact) mass is 272 g/mol. The molecule has 0 aliphatic carbocycles. The Balaban J connectivity index is 2.66. The summed E-state index contributed by atoms with van der Waals surface area (Å²) in [6, 6.07) is 3.26. The molecule has 0 fully saturated rings. The molecule has 0 radical (unpaired) electrons. The molecule has 0 atom stereocenters. The van der Waals surface area contributed by atoms with Gasteiger partial charge in [-0.2, -0.15) is 0 Å². The van der Waals surface area contributed by atoms with E-state index in [-0.39, 0.29) is 10.0 Å². The van der Waals surface area contributed by atoms with Crippen LogP contribution in [0.25, 0.3) is 10.9 Å². The molecule has 2 rings (SSSR count). The van der Waals surface area contributed by atoms with E-state index in [2.05, 4.69) is 17.2 Å². The summed E-state index contributed by atoms with van der Waals surface area (Å²) in [5, 5.41) is 3.77. The fourth-order valence-electron chi connectivity index (χ4n) is 1.62. The van der Waals surface area contributed by atoms with Gasteiger partial charge in [0.1, 0.15) is 0 Å². The van der Waals surface area contributed by atoms with E-state index in [0.29, 0.717) is 10.9 Å². The van der Waals surface area contributed by atoms with Gasteiger partial charge in [0.05, 0.1) is 15.6 Å². The van der Waals surface area contributed by atoms with Crippen molar-refractivity contribution in [2.45, 2.75) is 13.3 Å². The maximum absolute atomic E-state index is 13.6. The van der Waals surface area contributed by atoms with Crippen LogP contribution < -0.4 is 5.32 Å². The van der Waals surface area contributed by atoms with Crippen LogP contribution in [0.1, 0.15) is 13.3 Å². The minimum absolute atomic E-state index is 0.0114. The zero-order valence-corrected chi connectivity index (χ0v) is 10.7. The first-order valence-electron chi connectivity index (χ1n) is 5.31. The largest absolute Gasteiger partial charge is 0.384 e. The smallest absolute Gasteiger partial charge is 0.161 e. The molecule has 1 heterocycles. The second-order valence-corrected chi connectivity index (χ2v) is 4.45. The number of aromatic nitrogens is 1. The third-order valence-corrected chi connectivity index (χ3v) is 3.06. The zero-order valence-electron chi connectivity index (χ0n) is 9.23. The molecule has 0 spiro atoms. The second kappa shape index (κ2) is 5.07. The molecule has 90 valence electrons. The van der Waals surface area contributed by atoms with Crippen LogP contribution >= 0.6 is 23.2 Å². The molecule has 0 amide bonds. The lowest BCUT2D eigenvalue weighted by molar-refractivity contribution is 0.630. The van der Waals surface area contributed by atoms with Crippen LogP contribution in [-0.4, -0.2) is 11.5 Å². The number of halogens is 3. The molecular weight excluding hydrogens is 262 g/mol. The fraction of sp³-hybridized carbons (Fsp3) is 0.250. The predicted octanol–water partition coefficient (Wildman–Crippen LogP) is 4.50. The minimum atomic E-state index is -0.603. The van der Waals surface area contributed by atoms with Crippen molar-refractivity contribution in [1.29, 1.82) is 0 Å².